The van der Waals surface area contributed by atoms with E-state index in [4.69, 9.17) is 11.2 Å². The van der Waals surface area contributed by atoms with Gasteiger partial charge in [0, 0.05) is 0 Å². The molecule has 0 spiro atoms. The molecule has 0 saturated heterocycles. The van der Waals surface area contributed by atoms with E-state index in [2.05, 4.69) is 13.8 Å². The van der Waals surface area contributed by atoms with Crippen molar-refractivity contribution in [1.29, 1.82) is 0 Å². The summed E-state index contributed by atoms with van der Waals surface area (Å²) in [4.78, 5) is 0. The van der Waals surface area contributed by atoms with Gasteiger partial charge in [-0.15, -0.1) is 35.3 Å². The van der Waals surface area contributed by atoms with Crippen LogP contribution in [-0.4, -0.2) is 16.6 Å². The third-order valence-electron chi connectivity index (χ3n) is 1.22. The van der Waals surface area contributed by atoms with E-state index < -0.39 is 0 Å². The molecule has 0 fully saturated rings. The smallest absolute Gasteiger partial charge is 0.0654 e. The first-order valence-corrected chi connectivity index (χ1v) is 9.08. The summed E-state index contributed by atoms with van der Waals surface area (Å²) in [6.45, 7) is 4.40. The van der Waals surface area contributed by atoms with E-state index in [1.54, 1.807) is 0 Å². The summed E-state index contributed by atoms with van der Waals surface area (Å²) >= 11 is 11.2. The zero-order valence-electron chi connectivity index (χ0n) is 7.16. The third-order valence-corrected chi connectivity index (χ3v) is 9.01. The SMILES string of the molecule is CCSC1=C(SCC)S(=S)CS1. The molecule has 0 aromatic heterocycles. The molecule has 1 atom stereocenters. The Bertz CT molecular complexity index is 208. The fourth-order valence-corrected chi connectivity index (χ4v) is 8.68. The predicted octanol–water partition coefficient (Wildman–Crippen LogP) is 3.40. The second-order valence-electron chi connectivity index (χ2n) is 2.05. The Hall–Kier alpha value is 1.36. The Labute approximate surface area is 94.3 Å². The van der Waals surface area contributed by atoms with Crippen LogP contribution >= 0.6 is 35.3 Å². The minimum atomic E-state index is 0.126. The van der Waals surface area contributed by atoms with Crippen LogP contribution in [0.25, 0.3) is 0 Å². The summed E-state index contributed by atoms with van der Waals surface area (Å²) in [6.07, 6.45) is 0. The molecule has 70 valence electrons. The van der Waals surface area contributed by atoms with Gasteiger partial charge in [-0.1, -0.05) is 23.3 Å². The van der Waals surface area contributed by atoms with Crippen LogP contribution in [0.5, 0.6) is 0 Å². The molecule has 0 bridgehead atoms. The first-order valence-electron chi connectivity index (χ1n) is 3.80. The maximum atomic E-state index is 5.40. The summed E-state index contributed by atoms with van der Waals surface area (Å²) < 4.78 is 2.99. The topological polar surface area (TPSA) is 0 Å². The fourth-order valence-electron chi connectivity index (χ4n) is 0.800. The highest BCUT2D eigenvalue weighted by Crippen LogP contribution is 2.44. The minimum Gasteiger partial charge on any atom is -0.118 e. The lowest BCUT2D eigenvalue weighted by molar-refractivity contribution is 1.53. The van der Waals surface area contributed by atoms with Crippen LogP contribution in [-0.2, 0) is 20.6 Å². The van der Waals surface area contributed by atoms with Crippen LogP contribution in [0.4, 0.5) is 0 Å². The summed E-state index contributed by atoms with van der Waals surface area (Å²) in [5, 5.41) is 1.14. The van der Waals surface area contributed by atoms with Crippen LogP contribution in [0, 0.1) is 0 Å². The van der Waals surface area contributed by atoms with Crippen molar-refractivity contribution < 1.29 is 0 Å². The number of hydrogen-bond donors (Lipinski definition) is 0. The molecule has 0 saturated carbocycles. The molecule has 0 radical (unpaired) electrons. The highest BCUT2D eigenvalue weighted by Gasteiger charge is 2.19. The van der Waals surface area contributed by atoms with Crippen molar-refractivity contribution in [2.75, 3.05) is 16.6 Å². The summed E-state index contributed by atoms with van der Waals surface area (Å²) in [7, 11) is 0.126. The maximum Gasteiger partial charge on any atom is 0.0654 e. The summed E-state index contributed by atoms with van der Waals surface area (Å²) in [6, 6.07) is 0. The first-order chi connectivity index (χ1) is 5.79. The molecular formula is C7H12S5. The van der Waals surface area contributed by atoms with Crippen molar-refractivity contribution in [3.8, 4) is 0 Å². The van der Waals surface area contributed by atoms with Crippen molar-refractivity contribution in [3.05, 3.63) is 8.47 Å². The van der Waals surface area contributed by atoms with Crippen LogP contribution in [0.2, 0.25) is 0 Å². The average molecular weight is 257 g/mol. The van der Waals surface area contributed by atoms with Gasteiger partial charge < -0.3 is 0 Å². The van der Waals surface area contributed by atoms with Gasteiger partial charge in [-0.25, -0.2) is 0 Å². The van der Waals surface area contributed by atoms with Gasteiger partial charge in [0.15, 0.2) is 0 Å². The Morgan fingerprint density at radius 1 is 1.42 bits per heavy atom. The van der Waals surface area contributed by atoms with Gasteiger partial charge in [-0.2, -0.15) is 0 Å². The average Bonchev–Trinajstić information content (AvgIpc) is 2.37. The van der Waals surface area contributed by atoms with E-state index in [0.29, 0.717) is 0 Å². The quantitative estimate of drug-likeness (QED) is 0.755. The lowest BCUT2D eigenvalue weighted by atomic mass is 11.0. The van der Waals surface area contributed by atoms with Crippen molar-refractivity contribution in [2.24, 2.45) is 0 Å². The second-order valence-corrected chi connectivity index (χ2v) is 9.06. The molecule has 1 aliphatic heterocycles. The van der Waals surface area contributed by atoms with E-state index >= 15 is 0 Å². The maximum absolute atomic E-state index is 5.40. The van der Waals surface area contributed by atoms with Crippen LogP contribution in [0.1, 0.15) is 13.8 Å². The lowest BCUT2D eigenvalue weighted by Gasteiger charge is -2.02. The number of rotatable bonds is 4. The standard InChI is InChI=1S/C7H12S5/c1-3-9-6-7(10-4-2)12(8)5-11-6/h3-5H2,1-2H3. The number of hydrogen-bond acceptors (Lipinski definition) is 4. The van der Waals surface area contributed by atoms with E-state index in [9.17, 15) is 0 Å². The zero-order valence-corrected chi connectivity index (χ0v) is 11.2. The van der Waals surface area contributed by atoms with E-state index in [1.165, 1.54) is 14.2 Å². The van der Waals surface area contributed by atoms with Gasteiger partial charge in [-0.05, 0) is 22.7 Å². The van der Waals surface area contributed by atoms with Gasteiger partial charge in [0.25, 0.3) is 0 Å². The highest BCUT2D eigenvalue weighted by molar-refractivity contribution is 8.45. The Kier molecular flexibility index (Phi) is 5.68. The van der Waals surface area contributed by atoms with Crippen LogP contribution in [0.15, 0.2) is 8.47 Å². The molecular weight excluding hydrogens is 244 g/mol. The highest BCUT2D eigenvalue weighted by atomic mass is 32.8. The van der Waals surface area contributed by atoms with Crippen molar-refractivity contribution in [2.45, 2.75) is 13.8 Å². The third kappa shape index (κ3) is 2.94. The molecule has 0 aromatic rings. The molecule has 0 amide bonds. The predicted molar refractivity (Wildman–Crippen MR) is 70.5 cm³/mol. The first kappa shape index (κ1) is 11.4. The summed E-state index contributed by atoms with van der Waals surface area (Å²) in [5.41, 5.74) is 0. The fraction of sp³-hybridized carbons (Fsp3) is 0.714. The monoisotopic (exact) mass is 256 g/mol. The Morgan fingerprint density at radius 3 is 2.67 bits per heavy atom. The molecule has 5 heteroatoms. The van der Waals surface area contributed by atoms with Gasteiger partial charge >= 0.3 is 0 Å². The van der Waals surface area contributed by atoms with Crippen LogP contribution < -0.4 is 0 Å². The molecule has 0 aliphatic carbocycles. The molecule has 1 rings (SSSR count). The van der Waals surface area contributed by atoms with Gasteiger partial charge in [0.1, 0.15) is 0 Å². The Balaban J connectivity index is 2.67. The van der Waals surface area contributed by atoms with E-state index in [-0.39, 0.29) is 9.45 Å². The molecule has 1 aliphatic rings. The van der Waals surface area contributed by atoms with Crippen molar-refractivity contribution >= 4 is 55.9 Å². The van der Waals surface area contributed by atoms with Crippen LogP contribution in [0.3, 0.4) is 0 Å². The van der Waals surface area contributed by atoms with Gasteiger partial charge in [0.05, 0.1) is 13.6 Å². The van der Waals surface area contributed by atoms with E-state index in [0.717, 1.165) is 10.8 Å². The molecule has 0 aromatic carbocycles. The molecule has 0 nitrogen and oxygen atoms in total. The largest absolute Gasteiger partial charge is 0.118 e. The normalized spacial score (nSPS) is 23.7. The molecule has 1 unspecified atom stereocenters. The van der Waals surface area contributed by atoms with Crippen molar-refractivity contribution in [3.63, 3.8) is 0 Å². The number of thioether (sulfide) groups is 3. The molecule has 0 N–H and O–H groups in total. The second kappa shape index (κ2) is 5.96. The Morgan fingerprint density at radius 2 is 2.08 bits per heavy atom. The molecule has 1 heterocycles. The lowest BCUT2D eigenvalue weighted by Crippen LogP contribution is -1.85. The molecule has 12 heavy (non-hydrogen) atoms. The summed E-state index contributed by atoms with van der Waals surface area (Å²) in [5.74, 6) is 2.33. The van der Waals surface area contributed by atoms with Crippen molar-refractivity contribution in [1.82, 2.24) is 0 Å². The zero-order chi connectivity index (χ0) is 8.97. The van der Waals surface area contributed by atoms with E-state index in [1.807, 2.05) is 35.3 Å². The van der Waals surface area contributed by atoms with Gasteiger partial charge in [-0.3, -0.25) is 0 Å². The van der Waals surface area contributed by atoms with Gasteiger partial charge in [0.2, 0.25) is 0 Å². The minimum absolute atomic E-state index is 0.126.